The molecule has 0 saturated heterocycles. The van der Waals surface area contributed by atoms with E-state index in [-0.39, 0.29) is 4.90 Å². The average Bonchev–Trinajstić information content (AvgIpc) is 2.97. The lowest BCUT2D eigenvalue weighted by molar-refractivity contribution is 0.426. The number of nitrogens with one attached hydrogen (secondary N) is 1. The minimum atomic E-state index is -3.56. The van der Waals surface area contributed by atoms with Crippen molar-refractivity contribution in [1.29, 1.82) is 0 Å². The Kier molecular flexibility index (Phi) is 4.71. The van der Waals surface area contributed by atoms with E-state index in [2.05, 4.69) is 10.4 Å². The fraction of sp³-hybridized carbons (Fsp3) is 0.250. The van der Waals surface area contributed by atoms with Crippen LogP contribution in [0.25, 0.3) is 0 Å². The zero-order valence-electron chi connectivity index (χ0n) is 11.0. The summed E-state index contributed by atoms with van der Waals surface area (Å²) in [6, 6.07) is 6.71. The van der Waals surface area contributed by atoms with Gasteiger partial charge in [-0.2, -0.15) is 4.31 Å². The smallest absolute Gasteiger partial charge is 0.243 e. The molecular weight excluding hydrogens is 296 g/mol. The molecule has 2 aromatic rings. The number of nitrogens with zero attached hydrogens (tertiary/aromatic N) is 2. The number of rotatable bonds is 6. The molecule has 8 heteroatoms. The zero-order valence-corrected chi connectivity index (χ0v) is 12.6. The minimum absolute atomic E-state index is 0.179. The monoisotopic (exact) mass is 312 g/mol. The highest BCUT2D eigenvalue weighted by Crippen LogP contribution is 2.21. The molecule has 0 bridgehead atoms. The molecule has 0 radical (unpaired) electrons. The lowest BCUT2D eigenvalue weighted by Crippen LogP contribution is -2.30. The number of hydrogen-bond donors (Lipinski definition) is 2. The highest BCUT2D eigenvalue weighted by Gasteiger charge is 2.24. The normalized spacial score (nSPS) is 11.8. The third-order valence-corrected chi connectivity index (χ3v) is 5.56. The van der Waals surface area contributed by atoms with Gasteiger partial charge in [-0.3, -0.25) is 0 Å². The van der Waals surface area contributed by atoms with Crippen LogP contribution < -0.4 is 11.3 Å². The number of thiophene rings is 1. The Bertz CT molecular complexity index is 656. The van der Waals surface area contributed by atoms with E-state index in [9.17, 15) is 8.42 Å². The second-order valence-electron chi connectivity index (χ2n) is 4.03. The first kappa shape index (κ1) is 14.9. The molecule has 0 spiro atoms. The predicted molar refractivity (Wildman–Crippen MR) is 79.6 cm³/mol. The van der Waals surface area contributed by atoms with Gasteiger partial charge in [-0.05, 0) is 17.5 Å². The Labute approximate surface area is 122 Å². The van der Waals surface area contributed by atoms with Crippen LogP contribution >= 0.6 is 11.3 Å². The average molecular weight is 312 g/mol. The van der Waals surface area contributed by atoms with Crippen LogP contribution in [0.2, 0.25) is 0 Å². The van der Waals surface area contributed by atoms with Gasteiger partial charge in [0.2, 0.25) is 10.0 Å². The van der Waals surface area contributed by atoms with Gasteiger partial charge in [-0.1, -0.05) is 13.0 Å². The second kappa shape index (κ2) is 6.31. The third kappa shape index (κ3) is 3.15. The molecule has 0 aliphatic carbocycles. The molecule has 3 N–H and O–H groups in total. The highest BCUT2D eigenvalue weighted by atomic mass is 32.2. The molecule has 0 atom stereocenters. The standard InChI is InChI=1S/C12H16N4O2S2/c1-2-16(9-10-4-3-7-19-10)20(17,18)11-5-6-14-12(8-11)15-13/h3-8H,2,9,13H2,1H3,(H,14,15). The van der Waals surface area contributed by atoms with Crippen LogP contribution in [0, 0.1) is 0 Å². The maximum atomic E-state index is 12.6. The molecule has 0 saturated carbocycles. The summed E-state index contributed by atoms with van der Waals surface area (Å²) >= 11 is 1.53. The Morgan fingerprint density at radius 2 is 2.25 bits per heavy atom. The molecule has 0 unspecified atom stereocenters. The minimum Gasteiger partial charge on any atom is -0.308 e. The van der Waals surface area contributed by atoms with E-state index in [1.807, 2.05) is 24.4 Å². The van der Waals surface area contributed by atoms with Crippen molar-refractivity contribution in [2.24, 2.45) is 5.84 Å². The summed E-state index contributed by atoms with van der Waals surface area (Å²) in [5.41, 5.74) is 2.35. The molecule has 0 fully saturated rings. The fourth-order valence-electron chi connectivity index (χ4n) is 1.74. The molecule has 2 heterocycles. The molecular formula is C12H16N4O2S2. The van der Waals surface area contributed by atoms with Crippen LogP contribution in [-0.2, 0) is 16.6 Å². The second-order valence-corrected chi connectivity index (χ2v) is 7.00. The van der Waals surface area contributed by atoms with E-state index in [4.69, 9.17) is 5.84 Å². The number of nitrogens with two attached hydrogens (primary N) is 1. The lowest BCUT2D eigenvalue weighted by Gasteiger charge is -2.20. The number of sulfonamides is 1. The summed E-state index contributed by atoms with van der Waals surface area (Å²) in [7, 11) is -3.56. The van der Waals surface area contributed by atoms with Gasteiger partial charge in [0.05, 0.1) is 4.90 Å². The first-order valence-electron chi connectivity index (χ1n) is 6.03. The number of anilines is 1. The van der Waals surface area contributed by atoms with Crippen molar-refractivity contribution >= 4 is 27.2 Å². The molecule has 6 nitrogen and oxygen atoms in total. The molecule has 0 aromatic carbocycles. The van der Waals surface area contributed by atoms with Gasteiger partial charge in [0, 0.05) is 30.2 Å². The van der Waals surface area contributed by atoms with Crippen LogP contribution in [0.3, 0.4) is 0 Å². The summed E-state index contributed by atoms with van der Waals surface area (Å²) in [6.45, 7) is 2.58. The zero-order chi connectivity index (χ0) is 14.6. The molecule has 0 aliphatic rings. The maximum absolute atomic E-state index is 12.6. The van der Waals surface area contributed by atoms with E-state index in [0.717, 1.165) is 4.88 Å². The van der Waals surface area contributed by atoms with Gasteiger partial charge in [0.25, 0.3) is 0 Å². The third-order valence-electron chi connectivity index (χ3n) is 2.78. The summed E-state index contributed by atoms with van der Waals surface area (Å²) in [5.74, 6) is 5.58. The SMILES string of the molecule is CCN(Cc1cccs1)S(=O)(=O)c1ccnc(NN)c1. The predicted octanol–water partition coefficient (Wildman–Crippen LogP) is 1.64. The van der Waals surface area contributed by atoms with Crippen LogP contribution in [0.1, 0.15) is 11.8 Å². The van der Waals surface area contributed by atoms with Gasteiger partial charge >= 0.3 is 0 Å². The van der Waals surface area contributed by atoms with Crippen molar-refractivity contribution in [3.63, 3.8) is 0 Å². The quantitative estimate of drug-likeness (QED) is 0.625. The molecule has 0 amide bonds. The fourth-order valence-corrected chi connectivity index (χ4v) is 3.98. The van der Waals surface area contributed by atoms with E-state index in [0.29, 0.717) is 18.9 Å². The number of nitrogen functional groups attached to an aromatic ring is 1. The Hall–Kier alpha value is -1.48. The molecule has 2 aromatic heterocycles. The van der Waals surface area contributed by atoms with Gasteiger partial charge in [-0.15, -0.1) is 11.3 Å². The van der Waals surface area contributed by atoms with Crippen LogP contribution in [-0.4, -0.2) is 24.3 Å². The molecule has 20 heavy (non-hydrogen) atoms. The number of hydrogen-bond acceptors (Lipinski definition) is 6. The first-order chi connectivity index (χ1) is 9.57. The van der Waals surface area contributed by atoms with Crippen LogP contribution in [0.15, 0.2) is 40.7 Å². The van der Waals surface area contributed by atoms with Crippen molar-refractivity contribution in [1.82, 2.24) is 9.29 Å². The van der Waals surface area contributed by atoms with E-state index in [1.54, 1.807) is 0 Å². The largest absolute Gasteiger partial charge is 0.308 e. The Balaban J connectivity index is 2.31. The van der Waals surface area contributed by atoms with Gasteiger partial charge < -0.3 is 5.43 Å². The summed E-state index contributed by atoms with van der Waals surface area (Å²) in [4.78, 5) is 5.10. The molecule has 108 valence electrons. The van der Waals surface area contributed by atoms with Crippen LogP contribution in [0.5, 0.6) is 0 Å². The molecule has 0 aliphatic heterocycles. The van der Waals surface area contributed by atoms with Crippen molar-refractivity contribution < 1.29 is 8.42 Å². The van der Waals surface area contributed by atoms with Gasteiger partial charge in [0.1, 0.15) is 5.82 Å². The molecule has 2 rings (SSSR count). The van der Waals surface area contributed by atoms with Crippen molar-refractivity contribution in [3.05, 3.63) is 40.7 Å². The number of aromatic nitrogens is 1. The Morgan fingerprint density at radius 1 is 1.45 bits per heavy atom. The number of pyridine rings is 1. The van der Waals surface area contributed by atoms with E-state index < -0.39 is 10.0 Å². The summed E-state index contributed by atoms with van der Waals surface area (Å²) in [5, 5.41) is 1.93. The highest BCUT2D eigenvalue weighted by molar-refractivity contribution is 7.89. The summed E-state index contributed by atoms with van der Waals surface area (Å²) < 4.78 is 26.6. The first-order valence-corrected chi connectivity index (χ1v) is 8.35. The maximum Gasteiger partial charge on any atom is 0.243 e. The van der Waals surface area contributed by atoms with Gasteiger partial charge in [0.15, 0.2) is 0 Å². The van der Waals surface area contributed by atoms with Crippen molar-refractivity contribution in [3.8, 4) is 0 Å². The topological polar surface area (TPSA) is 88.3 Å². The van der Waals surface area contributed by atoms with Crippen LogP contribution in [0.4, 0.5) is 5.82 Å². The van der Waals surface area contributed by atoms with Crippen molar-refractivity contribution in [2.45, 2.75) is 18.4 Å². The van der Waals surface area contributed by atoms with Gasteiger partial charge in [-0.25, -0.2) is 19.2 Å². The van der Waals surface area contributed by atoms with E-state index >= 15 is 0 Å². The Morgan fingerprint density at radius 3 is 2.85 bits per heavy atom. The number of hydrazine groups is 1. The summed E-state index contributed by atoms with van der Waals surface area (Å²) in [6.07, 6.45) is 1.42. The lowest BCUT2D eigenvalue weighted by atomic mass is 10.4. The van der Waals surface area contributed by atoms with Crippen molar-refractivity contribution in [2.75, 3.05) is 12.0 Å². The van der Waals surface area contributed by atoms with E-state index in [1.165, 1.54) is 34.0 Å².